The predicted molar refractivity (Wildman–Crippen MR) is 93.1 cm³/mol. The first-order chi connectivity index (χ1) is 11.0. The standard InChI is InChI=1S/C15H12BrFN4OS/c1-2-21(14(18)22)15-20-12-11(17)9(16)7-8(13(12)23-15)10-5-3-4-6-19-10/h3-7H,2H2,1H3,(H2,18,22). The van der Waals surface area contributed by atoms with Crippen molar-refractivity contribution >= 4 is 48.6 Å². The number of aromatic nitrogens is 2. The molecule has 1 aromatic carbocycles. The molecule has 2 N–H and O–H groups in total. The molecule has 0 aliphatic carbocycles. The molecule has 8 heteroatoms. The van der Waals surface area contributed by atoms with Gasteiger partial charge in [0.25, 0.3) is 0 Å². The highest BCUT2D eigenvalue weighted by Crippen LogP contribution is 2.39. The van der Waals surface area contributed by atoms with E-state index in [4.69, 9.17) is 5.73 Å². The summed E-state index contributed by atoms with van der Waals surface area (Å²) in [4.78, 5) is 21.4. The fourth-order valence-electron chi connectivity index (χ4n) is 2.22. The van der Waals surface area contributed by atoms with Crippen molar-refractivity contribution in [3.8, 4) is 11.3 Å². The molecule has 0 aliphatic rings. The van der Waals surface area contributed by atoms with Crippen LogP contribution in [0.5, 0.6) is 0 Å². The number of rotatable bonds is 3. The Bertz CT molecular complexity index is 884. The Morgan fingerprint density at radius 3 is 2.87 bits per heavy atom. The van der Waals surface area contributed by atoms with Gasteiger partial charge in [-0.3, -0.25) is 9.88 Å². The maximum Gasteiger partial charge on any atom is 0.321 e. The fraction of sp³-hybridized carbons (Fsp3) is 0.133. The van der Waals surface area contributed by atoms with Gasteiger partial charge in [-0.1, -0.05) is 17.4 Å². The van der Waals surface area contributed by atoms with E-state index in [0.717, 1.165) is 5.56 Å². The normalized spacial score (nSPS) is 10.9. The maximum atomic E-state index is 14.4. The lowest BCUT2D eigenvalue weighted by atomic mass is 10.1. The van der Waals surface area contributed by atoms with Gasteiger partial charge in [-0.25, -0.2) is 14.2 Å². The largest absolute Gasteiger partial charge is 0.351 e. The number of nitrogens with zero attached hydrogens (tertiary/aromatic N) is 3. The van der Waals surface area contributed by atoms with E-state index >= 15 is 0 Å². The molecular formula is C15H12BrFN4OS. The minimum absolute atomic E-state index is 0.194. The molecule has 2 amide bonds. The minimum atomic E-state index is -0.620. The van der Waals surface area contributed by atoms with Gasteiger partial charge in [0.1, 0.15) is 5.52 Å². The number of hydrogen-bond donors (Lipinski definition) is 1. The van der Waals surface area contributed by atoms with Crippen LogP contribution in [-0.2, 0) is 0 Å². The molecule has 0 saturated carbocycles. The fourth-order valence-corrected chi connectivity index (χ4v) is 3.79. The van der Waals surface area contributed by atoms with Crippen molar-refractivity contribution in [3.63, 3.8) is 0 Å². The third-order valence-electron chi connectivity index (χ3n) is 3.30. The van der Waals surface area contributed by atoms with Crippen LogP contribution in [0.1, 0.15) is 6.92 Å². The smallest absolute Gasteiger partial charge is 0.321 e. The third kappa shape index (κ3) is 2.79. The average Bonchev–Trinajstić information content (AvgIpc) is 2.97. The lowest BCUT2D eigenvalue weighted by molar-refractivity contribution is 0.254. The van der Waals surface area contributed by atoms with E-state index in [0.29, 0.717) is 26.5 Å². The monoisotopic (exact) mass is 394 g/mol. The number of thiazole rings is 1. The summed E-state index contributed by atoms with van der Waals surface area (Å²) in [5.74, 6) is -0.470. The first-order valence-electron chi connectivity index (χ1n) is 6.79. The van der Waals surface area contributed by atoms with Crippen LogP contribution in [0.2, 0.25) is 0 Å². The highest BCUT2D eigenvalue weighted by atomic mass is 79.9. The van der Waals surface area contributed by atoms with Crippen LogP contribution in [-0.4, -0.2) is 22.5 Å². The van der Waals surface area contributed by atoms with Crippen LogP contribution < -0.4 is 10.6 Å². The number of carbonyl (C=O) groups is 1. The number of anilines is 1. The van der Waals surface area contributed by atoms with Gasteiger partial charge in [0.15, 0.2) is 10.9 Å². The highest BCUT2D eigenvalue weighted by molar-refractivity contribution is 9.10. The topological polar surface area (TPSA) is 72.1 Å². The Kier molecular flexibility index (Phi) is 4.27. The van der Waals surface area contributed by atoms with Gasteiger partial charge >= 0.3 is 6.03 Å². The molecule has 0 unspecified atom stereocenters. The van der Waals surface area contributed by atoms with Crippen molar-refractivity contribution in [2.24, 2.45) is 5.73 Å². The Labute approximate surface area is 144 Å². The van der Waals surface area contributed by atoms with Crippen molar-refractivity contribution in [2.45, 2.75) is 6.92 Å². The summed E-state index contributed by atoms with van der Waals surface area (Å²) in [5.41, 5.74) is 7.00. The number of urea groups is 1. The van der Waals surface area contributed by atoms with Crippen LogP contribution in [0, 0.1) is 5.82 Å². The zero-order valence-electron chi connectivity index (χ0n) is 12.1. The second-order valence-electron chi connectivity index (χ2n) is 4.69. The van der Waals surface area contributed by atoms with Crippen LogP contribution in [0.3, 0.4) is 0 Å². The number of primary amides is 1. The SMILES string of the molecule is CCN(C(N)=O)c1nc2c(F)c(Br)cc(-c3ccccn3)c2s1. The molecule has 0 atom stereocenters. The summed E-state index contributed by atoms with van der Waals surface area (Å²) < 4.78 is 15.3. The molecule has 2 aromatic heterocycles. The number of carbonyl (C=O) groups excluding carboxylic acids is 1. The van der Waals surface area contributed by atoms with E-state index in [9.17, 15) is 9.18 Å². The molecule has 0 aliphatic heterocycles. The summed E-state index contributed by atoms with van der Waals surface area (Å²) in [5, 5.41) is 0.365. The maximum absolute atomic E-state index is 14.4. The van der Waals surface area contributed by atoms with Gasteiger partial charge in [-0.2, -0.15) is 0 Å². The number of halogens is 2. The summed E-state index contributed by atoms with van der Waals surface area (Å²) >= 11 is 4.43. The molecule has 0 spiro atoms. The molecule has 3 rings (SSSR count). The predicted octanol–water partition coefficient (Wildman–Crippen LogP) is 4.16. The molecule has 0 bridgehead atoms. The molecule has 5 nitrogen and oxygen atoms in total. The number of pyridine rings is 1. The van der Waals surface area contributed by atoms with Crippen LogP contribution in [0.15, 0.2) is 34.9 Å². The van der Waals surface area contributed by atoms with Gasteiger partial charge in [0, 0.05) is 18.3 Å². The van der Waals surface area contributed by atoms with E-state index in [-0.39, 0.29) is 5.52 Å². The molecule has 23 heavy (non-hydrogen) atoms. The Balaban J connectivity index is 2.28. The van der Waals surface area contributed by atoms with Crippen molar-refractivity contribution in [2.75, 3.05) is 11.4 Å². The lowest BCUT2D eigenvalue weighted by Gasteiger charge is -2.13. The first-order valence-corrected chi connectivity index (χ1v) is 8.40. The minimum Gasteiger partial charge on any atom is -0.351 e. The Hall–Kier alpha value is -2.06. The number of hydrogen-bond acceptors (Lipinski definition) is 4. The van der Waals surface area contributed by atoms with Crippen molar-refractivity contribution in [3.05, 3.63) is 40.8 Å². The molecule has 0 saturated heterocycles. The first kappa shape index (κ1) is 15.8. The molecule has 118 valence electrons. The van der Waals surface area contributed by atoms with Gasteiger partial charge in [-0.05, 0) is 41.1 Å². The zero-order valence-corrected chi connectivity index (χ0v) is 14.5. The van der Waals surface area contributed by atoms with Gasteiger partial charge in [0.05, 0.1) is 14.9 Å². The summed E-state index contributed by atoms with van der Waals surface area (Å²) in [6, 6.07) is 6.55. The van der Waals surface area contributed by atoms with E-state index in [1.807, 2.05) is 18.2 Å². The van der Waals surface area contributed by atoms with Gasteiger partial charge in [-0.15, -0.1) is 0 Å². The summed E-state index contributed by atoms with van der Waals surface area (Å²) in [7, 11) is 0. The van der Waals surface area contributed by atoms with Crippen molar-refractivity contribution < 1.29 is 9.18 Å². The van der Waals surface area contributed by atoms with Crippen LogP contribution in [0.25, 0.3) is 21.5 Å². The van der Waals surface area contributed by atoms with Crippen LogP contribution >= 0.6 is 27.3 Å². The summed E-state index contributed by atoms with van der Waals surface area (Å²) in [6.45, 7) is 2.14. The van der Waals surface area contributed by atoms with Crippen molar-refractivity contribution in [1.82, 2.24) is 9.97 Å². The van der Waals surface area contributed by atoms with E-state index in [1.165, 1.54) is 16.2 Å². The summed E-state index contributed by atoms with van der Waals surface area (Å²) in [6.07, 6.45) is 1.67. The average molecular weight is 395 g/mol. The quantitative estimate of drug-likeness (QED) is 0.724. The van der Waals surface area contributed by atoms with Gasteiger partial charge in [0.2, 0.25) is 0 Å². The zero-order chi connectivity index (χ0) is 16.6. The molecule has 0 fully saturated rings. The Morgan fingerprint density at radius 1 is 1.48 bits per heavy atom. The second kappa shape index (κ2) is 6.21. The molecule has 0 radical (unpaired) electrons. The Morgan fingerprint density at radius 2 is 2.26 bits per heavy atom. The molecule has 3 aromatic rings. The van der Waals surface area contributed by atoms with Crippen LogP contribution in [0.4, 0.5) is 14.3 Å². The number of fused-ring (bicyclic) bond motifs is 1. The molecule has 2 heterocycles. The third-order valence-corrected chi connectivity index (χ3v) is 4.99. The lowest BCUT2D eigenvalue weighted by Crippen LogP contribution is -2.35. The van der Waals surface area contributed by atoms with Crippen molar-refractivity contribution in [1.29, 1.82) is 0 Å². The van der Waals surface area contributed by atoms with E-state index in [1.54, 1.807) is 19.2 Å². The van der Waals surface area contributed by atoms with E-state index < -0.39 is 11.8 Å². The highest BCUT2D eigenvalue weighted by Gasteiger charge is 2.21. The number of nitrogens with two attached hydrogens (primary N) is 1. The van der Waals surface area contributed by atoms with E-state index in [2.05, 4.69) is 25.9 Å². The number of benzene rings is 1. The number of amides is 2. The second-order valence-corrected chi connectivity index (χ2v) is 6.52. The van der Waals surface area contributed by atoms with Gasteiger partial charge < -0.3 is 5.73 Å². The molecular weight excluding hydrogens is 383 g/mol.